The van der Waals surface area contributed by atoms with Gasteiger partial charge in [-0.05, 0) is 50.7 Å². The van der Waals surface area contributed by atoms with Crippen molar-refractivity contribution in [3.8, 4) is 5.75 Å². The zero-order valence-corrected chi connectivity index (χ0v) is 14.7. The van der Waals surface area contributed by atoms with Crippen LogP contribution < -0.4 is 4.74 Å². The molecule has 0 spiro atoms. The normalized spacial score (nSPS) is 21.3. The lowest BCUT2D eigenvalue weighted by atomic mass is 9.84. The van der Waals surface area contributed by atoms with Gasteiger partial charge in [0, 0.05) is 5.56 Å². The molecule has 0 aromatic heterocycles. The second-order valence-electron chi connectivity index (χ2n) is 6.53. The van der Waals surface area contributed by atoms with Crippen LogP contribution in [0.5, 0.6) is 5.75 Å². The summed E-state index contributed by atoms with van der Waals surface area (Å²) in [5.74, 6) is -1.14. The van der Waals surface area contributed by atoms with Crippen LogP contribution in [0.25, 0.3) is 0 Å². The van der Waals surface area contributed by atoms with Crippen LogP contribution >= 0.6 is 0 Å². The highest BCUT2D eigenvalue weighted by atomic mass is 19.2. The van der Waals surface area contributed by atoms with Gasteiger partial charge in [-0.15, -0.1) is 0 Å². The summed E-state index contributed by atoms with van der Waals surface area (Å²) in [6.07, 6.45) is 11.3. The molecule has 0 radical (unpaired) electrons. The molecule has 1 fully saturated rings. The smallest absolute Gasteiger partial charge is 0.201 e. The summed E-state index contributed by atoms with van der Waals surface area (Å²) in [6, 6.07) is 2.98. The molecule has 1 aromatic carbocycles. The predicted octanol–water partition coefficient (Wildman–Crippen LogP) is 6.14. The summed E-state index contributed by atoms with van der Waals surface area (Å²) in [4.78, 5) is 0. The molecule has 1 aliphatic carbocycles. The minimum atomic E-state index is -0.961. The monoisotopic (exact) mass is 338 g/mol. The lowest BCUT2D eigenvalue weighted by Gasteiger charge is -2.28. The first-order valence-electron chi connectivity index (χ1n) is 9.02. The Bertz CT molecular complexity index is 535. The molecule has 1 aromatic rings. The number of rotatable bonds is 8. The molecule has 0 amide bonds. The van der Waals surface area contributed by atoms with Gasteiger partial charge in [-0.25, -0.2) is 4.39 Å². The predicted molar refractivity (Wildman–Crippen MR) is 91.9 cm³/mol. The molecule has 1 saturated carbocycles. The number of halogens is 2. The standard InChI is InChI=1S/C20H28F2O2/c1-3-5-6-15-7-10-17(11-8-15)24-14-16-9-12-18(23-13-4-2)20(22)19(16)21/h4,9,12-13,15,17H,3,5-8,10-11,14H2,1-2H3. The first-order valence-corrected chi connectivity index (χ1v) is 9.02. The van der Waals surface area contributed by atoms with Crippen molar-refractivity contribution in [3.05, 3.63) is 41.7 Å². The van der Waals surface area contributed by atoms with E-state index in [2.05, 4.69) is 6.92 Å². The zero-order chi connectivity index (χ0) is 17.4. The fourth-order valence-corrected chi connectivity index (χ4v) is 3.20. The highest BCUT2D eigenvalue weighted by Gasteiger charge is 2.22. The highest BCUT2D eigenvalue weighted by molar-refractivity contribution is 5.31. The highest BCUT2D eigenvalue weighted by Crippen LogP contribution is 2.31. The van der Waals surface area contributed by atoms with E-state index in [1.807, 2.05) is 0 Å². The number of ether oxygens (including phenoxy) is 2. The van der Waals surface area contributed by atoms with Crippen LogP contribution in [0.1, 0.15) is 64.4 Å². The van der Waals surface area contributed by atoms with Gasteiger partial charge < -0.3 is 9.47 Å². The Morgan fingerprint density at radius 3 is 2.54 bits per heavy atom. The van der Waals surface area contributed by atoms with E-state index in [9.17, 15) is 8.78 Å². The molecule has 0 saturated heterocycles. The lowest BCUT2D eigenvalue weighted by molar-refractivity contribution is 0.00481. The van der Waals surface area contributed by atoms with Crippen LogP contribution in [0.3, 0.4) is 0 Å². The topological polar surface area (TPSA) is 18.5 Å². The van der Waals surface area contributed by atoms with E-state index in [1.165, 1.54) is 50.5 Å². The second kappa shape index (κ2) is 9.77. The Morgan fingerprint density at radius 2 is 1.88 bits per heavy atom. The number of allylic oxidation sites excluding steroid dienone is 1. The van der Waals surface area contributed by atoms with Crippen LogP contribution in [-0.4, -0.2) is 6.10 Å². The van der Waals surface area contributed by atoms with E-state index in [0.29, 0.717) is 0 Å². The summed E-state index contributed by atoms with van der Waals surface area (Å²) >= 11 is 0. The summed E-state index contributed by atoms with van der Waals surface area (Å²) in [5, 5.41) is 0. The maximum atomic E-state index is 14.1. The van der Waals surface area contributed by atoms with Crippen molar-refractivity contribution in [1.82, 2.24) is 0 Å². The van der Waals surface area contributed by atoms with Gasteiger partial charge in [-0.2, -0.15) is 4.39 Å². The Kier molecular flexibility index (Phi) is 7.70. The van der Waals surface area contributed by atoms with Gasteiger partial charge in [0.2, 0.25) is 5.82 Å². The van der Waals surface area contributed by atoms with Gasteiger partial charge in [-0.1, -0.05) is 32.3 Å². The molecule has 2 rings (SSSR count). The van der Waals surface area contributed by atoms with E-state index < -0.39 is 11.6 Å². The van der Waals surface area contributed by atoms with E-state index >= 15 is 0 Å². The number of unbranched alkanes of at least 4 members (excludes halogenated alkanes) is 1. The summed E-state index contributed by atoms with van der Waals surface area (Å²) < 4.78 is 38.9. The molecular weight excluding hydrogens is 310 g/mol. The number of hydrogen-bond donors (Lipinski definition) is 0. The minimum absolute atomic E-state index is 0.106. The fraction of sp³-hybridized carbons (Fsp3) is 0.600. The molecule has 0 heterocycles. The first kappa shape index (κ1) is 18.9. The van der Waals surface area contributed by atoms with Crippen molar-refractivity contribution in [3.63, 3.8) is 0 Å². The van der Waals surface area contributed by atoms with Gasteiger partial charge in [0.15, 0.2) is 11.6 Å². The van der Waals surface area contributed by atoms with Crippen molar-refractivity contribution >= 4 is 0 Å². The molecule has 134 valence electrons. The van der Waals surface area contributed by atoms with Crippen molar-refractivity contribution in [2.75, 3.05) is 0 Å². The van der Waals surface area contributed by atoms with Crippen LogP contribution in [0.4, 0.5) is 8.78 Å². The number of hydrogen-bond acceptors (Lipinski definition) is 2. The van der Waals surface area contributed by atoms with Gasteiger partial charge in [-0.3, -0.25) is 0 Å². The molecule has 0 N–H and O–H groups in total. The third-order valence-electron chi connectivity index (χ3n) is 4.69. The molecule has 0 aliphatic heterocycles. The van der Waals surface area contributed by atoms with E-state index in [0.717, 1.165) is 18.8 Å². The van der Waals surface area contributed by atoms with Crippen molar-refractivity contribution in [1.29, 1.82) is 0 Å². The lowest BCUT2D eigenvalue weighted by Crippen LogP contribution is -2.21. The Balaban J connectivity index is 1.83. The largest absolute Gasteiger partial charge is 0.462 e. The van der Waals surface area contributed by atoms with E-state index in [4.69, 9.17) is 9.47 Å². The van der Waals surface area contributed by atoms with Crippen LogP contribution in [0, 0.1) is 17.6 Å². The molecule has 0 bridgehead atoms. The SMILES string of the molecule is CC=COc1ccc(COC2CCC(CCCC)CC2)c(F)c1F. The van der Waals surface area contributed by atoms with Crippen LogP contribution in [0.2, 0.25) is 0 Å². The quantitative estimate of drug-likeness (QED) is 0.530. The molecule has 2 nitrogen and oxygen atoms in total. The number of benzene rings is 1. The molecule has 0 unspecified atom stereocenters. The molecule has 4 heteroatoms. The summed E-state index contributed by atoms with van der Waals surface area (Å²) in [6.45, 7) is 4.07. The van der Waals surface area contributed by atoms with Crippen molar-refractivity contribution in [2.24, 2.45) is 5.92 Å². The third-order valence-corrected chi connectivity index (χ3v) is 4.69. The fourth-order valence-electron chi connectivity index (χ4n) is 3.20. The Hall–Kier alpha value is -1.42. The maximum absolute atomic E-state index is 14.1. The van der Waals surface area contributed by atoms with Gasteiger partial charge in [0.05, 0.1) is 19.0 Å². The van der Waals surface area contributed by atoms with Gasteiger partial charge >= 0.3 is 0 Å². The van der Waals surface area contributed by atoms with Gasteiger partial charge in [0.1, 0.15) is 0 Å². The Morgan fingerprint density at radius 1 is 1.12 bits per heavy atom. The van der Waals surface area contributed by atoms with Gasteiger partial charge in [0.25, 0.3) is 0 Å². The second-order valence-corrected chi connectivity index (χ2v) is 6.53. The summed E-state index contributed by atoms with van der Waals surface area (Å²) in [7, 11) is 0. The molecule has 0 atom stereocenters. The average Bonchev–Trinajstić information content (AvgIpc) is 2.61. The molecule has 1 aliphatic rings. The van der Waals surface area contributed by atoms with Crippen molar-refractivity contribution < 1.29 is 18.3 Å². The van der Waals surface area contributed by atoms with E-state index in [1.54, 1.807) is 13.0 Å². The average molecular weight is 338 g/mol. The zero-order valence-electron chi connectivity index (χ0n) is 14.7. The Labute approximate surface area is 143 Å². The molecule has 24 heavy (non-hydrogen) atoms. The minimum Gasteiger partial charge on any atom is -0.462 e. The molecular formula is C20H28F2O2. The van der Waals surface area contributed by atoms with Crippen molar-refractivity contribution in [2.45, 2.75) is 71.5 Å². The van der Waals surface area contributed by atoms with Crippen LogP contribution in [-0.2, 0) is 11.3 Å². The summed E-state index contributed by atoms with van der Waals surface area (Å²) in [5.41, 5.74) is 0.244. The first-order chi connectivity index (χ1) is 11.7. The van der Waals surface area contributed by atoms with Crippen LogP contribution in [0.15, 0.2) is 24.5 Å². The maximum Gasteiger partial charge on any atom is 0.201 e. The van der Waals surface area contributed by atoms with E-state index in [-0.39, 0.29) is 24.0 Å². The third kappa shape index (κ3) is 5.30.